The minimum Gasteiger partial charge on any atom is -0.395 e. The molecule has 0 bridgehead atoms. The van der Waals surface area contributed by atoms with Crippen molar-refractivity contribution in [2.45, 2.75) is 125 Å². The van der Waals surface area contributed by atoms with Crippen molar-refractivity contribution in [1.29, 1.82) is 0 Å². The van der Waals surface area contributed by atoms with Crippen LogP contribution < -0.4 is 14.2 Å². The van der Waals surface area contributed by atoms with Crippen LogP contribution in [0.15, 0.2) is 87.5 Å². The molecule has 0 saturated carbocycles. The van der Waals surface area contributed by atoms with Gasteiger partial charge in [-0.25, -0.2) is 18.9 Å². The summed E-state index contributed by atoms with van der Waals surface area (Å²) in [6.07, 6.45) is 1.53. The molecule has 0 aliphatic carbocycles. The maximum absolute atomic E-state index is 13.3. The zero-order valence-corrected chi connectivity index (χ0v) is 36.5. The number of hydrogen-bond donors (Lipinski definition) is 3. The van der Waals surface area contributed by atoms with Gasteiger partial charge < -0.3 is 28.4 Å². The molecule has 0 radical (unpaired) electrons. The third-order valence-electron chi connectivity index (χ3n) is 9.70. The molecule has 3 unspecified atom stereocenters. The first-order chi connectivity index (χ1) is 28.6. The highest BCUT2D eigenvalue weighted by Gasteiger charge is 2.51. The van der Waals surface area contributed by atoms with E-state index in [1.54, 1.807) is 0 Å². The number of hydrogen-bond acceptors (Lipinski definition) is 15. The van der Waals surface area contributed by atoms with Crippen molar-refractivity contribution >= 4 is 48.8 Å². The third kappa shape index (κ3) is 16.2. The molecule has 22 heteroatoms. The van der Waals surface area contributed by atoms with E-state index in [9.17, 15) is 53.3 Å². The van der Waals surface area contributed by atoms with Crippen molar-refractivity contribution in [2.75, 3.05) is 6.54 Å². The van der Waals surface area contributed by atoms with Gasteiger partial charge in [0.05, 0.1) is 21.2 Å². The average Bonchev–Trinajstić information content (AvgIpc) is 3.16. The van der Waals surface area contributed by atoms with E-state index < -0.39 is 86.7 Å². The quantitative estimate of drug-likeness (QED) is 0.0154. The fourth-order valence-corrected chi connectivity index (χ4v) is 7.86. The molecular formula is C39H52NO18S3+. The van der Waals surface area contributed by atoms with Gasteiger partial charge in [0, 0.05) is 20.8 Å². The van der Waals surface area contributed by atoms with Crippen LogP contribution in [0.3, 0.4) is 0 Å². The minimum absolute atomic E-state index is 0.0308. The standard InChI is InChI=1S/C39H51NO18S3/c1-5-6-7-8-9-10-11-12-13-14-27-40(28(2)53-37(41)56-31-15-21-34(22-16-31)59(44,45)46,29(3)54-38(42)57-32-17-23-35(24-18-32)60(47,48)49)30(4)55-39(43)58-33-19-25-36(26-20-33)61(50,51)52/h15-26,28-30H,5-14,27H2,1-4H3,(H2-,44,45,46,47,48,49,50,51,52)/p+1. The second-order valence-electron chi connectivity index (χ2n) is 13.9. The Hall–Kier alpha value is -4.84. The van der Waals surface area contributed by atoms with Gasteiger partial charge in [-0.1, -0.05) is 58.3 Å². The summed E-state index contributed by atoms with van der Waals surface area (Å²) in [5, 5.41) is 0. The Kier molecular flexibility index (Phi) is 18.9. The Labute approximate surface area is 355 Å². The fourth-order valence-electron chi connectivity index (χ4n) is 6.42. The summed E-state index contributed by atoms with van der Waals surface area (Å²) in [5.41, 5.74) is 0. The minimum atomic E-state index is -4.55. The van der Waals surface area contributed by atoms with E-state index in [2.05, 4.69) is 6.92 Å². The fraction of sp³-hybridized carbons (Fsp3) is 0.462. The van der Waals surface area contributed by atoms with Gasteiger partial charge in [0.25, 0.3) is 30.4 Å². The summed E-state index contributed by atoms with van der Waals surface area (Å²) in [4.78, 5) is 38.4. The van der Waals surface area contributed by atoms with Crippen LogP contribution >= 0.6 is 0 Å². The Balaban J connectivity index is 1.94. The third-order valence-corrected chi connectivity index (χ3v) is 12.3. The molecule has 0 amide bonds. The topological polar surface area (TPSA) is 270 Å². The summed E-state index contributed by atoms with van der Waals surface area (Å²) in [6.45, 7) is 6.42. The van der Waals surface area contributed by atoms with Crippen LogP contribution in [0, 0.1) is 0 Å². The zero-order chi connectivity index (χ0) is 45.4. The Morgan fingerprint density at radius 1 is 0.459 bits per heavy atom. The highest BCUT2D eigenvalue weighted by Crippen LogP contribution is 2.31. The number of benzene rings is 3. The molecule has 3 atom stereocenters. The van der Waals surface area contributed by atoms with Gasteiger partial charge in [0.15, 0.2) is 0 Å². The van der Waals surface area contributed by atoms with Gasteiger partial charge in [-0.3, -0.25) is 13.7 Å². The number of carbonyl (C=O) groups is 3. The molecule has 338 valence electrons. The molecule has 19 nitrogen and oxygen atoms in total. The summed E-state index contributed by atoms with van der Waals surface area (Å²) >= 11 is 0. The molecule has 3 N–H and O–H groups in total. The highest BCUT2D eigenvalue weighted by atomic mass is 32.2. The van der Waals surface area contributed by atoms with Gasteiger partial charge in [0.2, 0.25) is 18.7 Å². The number of ether oxygens (including phenoxy) is 6. The Morgan fingerprint density at radius 2 is 0.705 bits per heavy atom. The van der Waals surface area contributed by atoms with Gasteiger partial charge in [-0.2, -0.15) is 25.3 Å². The van der Waals surface area contributed by atoms with Crippen molar-refractivity contribution in [3.8, 4) is 17.2 Å². The number of unbranched alkanes of at least 4 members (excludes halogenated alkanes) is 9. The summed E-state index contributed by atoms with van der Waals surface area (Å²) in [7, 11) is -13.6. The molecule has 61 heavy (non-hydrogen) atoms. The van der Waals surface area contributed by atoms with Crippen LogP contribution in [-0.4, -0.2) is 87.1 Å². The molecule has 0 heterocycles. The van der Waals surface area contributed by atoms with Gasteiger partial charge in [-0.15, -0.1) is 0 Å². The van der Waals surface area contributed by atoms with Crippen molar-refractivity contribution in [2.24, 2.45) is 0 Å². The van der Waals surface area contributed by atoms with E-state index in [0.29, 0.717) is 12.8 Å². The van der Waals surface area contributed by atoms with Crippen molar-refractivity contribution in [1.82, 2.24) is 0 Å². The molecule has 0 spiro atoms. The zero-order valence-electron chi connectivity index (χ0n) is 34.1. The molecule has 3 rings (SSSR count). The lowest BCUT2D eigenvalue weighted by Gasteiger charge is -2.47. The van der Waals surface area contributed by atoms with Crippen molar-refractivity contribution in [3.05, 3.63) is 72.8 Å². The number of nitrogens with zero attached hydrogens (tertiary/aromatic N) is 1. The number of quaternary nitrogens is 1. The summed E-state index contributed by atoms with van der Waals surface area (Å²) in [5.74, 6) is -0.505. The van der Waals surface area contributed by atoms with Gasteiger partial charge >= 0.3 is 18.5 Å². The van der Waals surface area contributed by atoms with Crippen LogP contribution in [0.25, 0.3) is 0 Å². The highest BCUT2D eigenvalue weighted by molar-refractivity contribution is 7.86. The van der Waals surface area contributed by atoms with Crippen LogP contribution in [0.1, 0.15) is 91.9 Å². The van der Waals surface area contributed by atoms with Crippen molar-refractivity contribution in [3.63, 3.8) is 0 Å². The molecule has 0 aliphatic heterocycles. The second kappa shape index (κ2) is 22.8. The van der Waals surface area contributed by atoms with E-state index in [1.807, 2.05) is 0 Å². The molecule has 0 aromatic heterocycles. The summed E-state index contributed by atoms with van der Waals surface area (Å²) < 4.78 is 129. The second-order valence-corrected chi connectivity index (χ2v) is 18.2. The maximum Gasteiger partial charge on any atom is 0.518 e. The predicted octanol–water partition coefficient (Wildman–Crippen LogP) is 8.15. The predicted molar refractivity (Wildman–Crippen MR) is 215 cm³/mol. The van der Waals surface area contributed by atoms with Crippen LogP contribution in [0.2, 0.25) is 0 Å². The molecular weight excluding hydrogens is 867 g/mol. The van der Waals surface area contributed by atoms with E-state index in [1.165, 1.54) is 33.6 Å². The monoisotopic (exact) mass is 918 g/mol. The Bertz CT molecular complexity index is 2000. The maximum atomic E-state index is 13.3. The van der Waals surface area contributed by atoms with E-state index in [-0.39, 0.29) is 23.8 Å². The first kappa shape index (κ1) is 50.5. The van der Waals surface area contributed by atoms with Crippen molar-refractivity contribution < 1.29 is 86.2 Å². The average molecular weight is 919 g/mol. The summed E-state index contributed by atoms with van der Waals surface area (Å²) in [6, 6.07) is 12.5. The molecule has 0 aliphatic rings. The smallest absolute Gasteiger partial charge is 0.395 e. The number of rotatable bonds is 23. The van der Waals surface area contributed by atoms with Crippen LogP contribution in [0.5, 0.6) is 17.2 Å². The molecule has 3 aromatic carbocycles. The van der Waals surface area contributed by atoms with Gasteiger partial charge in [-0.05, 0) is 85.6 Å². The first-order valence-corrected chi connectivity index (χ1v) is 23.6. The molecule has 0 fully saturated rings. The largest absolute Gasteiger partial charge is 0.518 e. The molecule has 3 aromatic rings. The lowest BCUT2D eigenvalue weighted by atomic mass is 10.1. The first-order valence-electron chi connectivity index (χ1n) is 19.3. The Morgan fingerprint density at radius 3 is 0.951 bits per heavy atom. The normalized spacial score (nSPS) is 14.4. The lowest BCUT2D eigenvalue weighted by molar-refractivity contribution is -1.04. The van der Waals surface area contributed by atoms with Crippen LogP contribution in [-0.2, 0) is 44.6 Å². The lowest BCUT2D eigenvalue weighted by Crippen LogP contribution is -2.67. The van der Waals surface area contributed by atoms with Crippen LogP contribution in [0.4, 0.5) is 14.4 Å². The SMILES string of the molecule is CCCCCCCCCCCC[N+](C(C)OC(=O)Oc1ccc(S(=O)(=O)O)cc1)(C(C)OC(=O)Oc1ccc(S(=O)(=O)O)cc1)C(C)OC(=O)Oc1ccc(S(=O)(=O)O)cc1. The molecule has 0 saturated heterocycles. The van der Waals surface area contributed by atoms with E-state index >= 15 is 0 Å². The number of carbonyl (C=O) groups excluding carboxylic acids is 3. The van der Waals surface area contributed by atoms with Gasteiger partial charge in [0.1, 0.15) is 17.2 Å². The van der Waals surface area contributed by atoms with E-state index in [4.69, 9.17) is 28.4 Å². The van der Waals surface area contributed by atoms with E-state index in [0.717, 1.165) is 111 Å².